The highest BCUT2D eigenvalue weighted by atomic mass is 35.5. The van der Waals surface area contributed by atoms with Crippen molar-refractivity contribution in [1.29, 1.82) is 0 Å². The van der Waals surface area contributed by atoms with E-state index < -0.39 is 10.0 Å². The van der Waals surface area contributed by atoms with Gasteiger partial charge in [0.1, 0.15) is 0 Å². The summed E-state index contributed by atoms with van der Waals surface area (Å²) in [5, 5.41) is 0. The van der Waals surface area contributed by atoms with E-state index in [1.54, 1.807) is 53.4 Å². The fourth-order valence-corrected chi connectivity index (χ4v) is 5.25. The van der Waals surface area contributed by atoms with Crippen LogP contribution >= 0.6 is 22.9 Å². The van der Waals surface area contributed by atoms with Crippen molar-refractivity contribution in [2.45, 2.75) is 11.4 Å². The van der Waals surface area contributed by atoms with E-state index in [1.807, 2.05) is 12.1 Å². The van der Waals surface area contributed by atoms with Gasteiger partial charge in [-0.05, 0) is 42.5 Å². The Labute approximate surface area is 185 Å². The van der Waals surface area contributed by atoms with E-state index in [2.05, 4.69) is 6.58 Å². The Bertz CT molecular complexity index is 1140. The van der Waals surface area contributed by atoms with Crippen LogP contribution in [0.4, 0.5) is 5.69 Å². The van der Waals surface area contributed by atoms with Gasteiger partial charge >= 0.3 is 0 Å². The minimum atomic E-state index is -3.81. The standard InChI is InChI=1S/C22H21ClN2O3S2/c1-3-14-25(16-19-12-13-21(23)29-19)22(26)17-8-7-11-20(15-17)30(27,28)24(2)18-9-5-4-6-10-18/h3-13,15H,1,14,16H2,2H3. The van der Waals surface area contributed by atoms with Crippen molar-refractivity contribution in [3.8, 4) is 0 Å². The Kier molecular flexibility index (Phi) is 6.97. The molecule has 8 heteroatoms. The van der Waals surface area contributed by atoms with Gasteiger partial charge in [-0.25, -0.2) is 8.42 Å². The normalized spacial score (nSPS) is 11.1. The molecule has 1 heterocycles. The van der Waals surface area contributed by atoms with Crippen molar-refractivity contribution in [2.75, 3.05) is 17.9 Å². The molecule has 30 heavy (non-hydrogen) atoms. The first kappa shape index (κ1) is 22.1. The summed E-state index contributed by atoms with van der Waals surface area (Å²) in [6, 6.07) is 18.5. The quantitative estimate of drug-likeness (QED) is 0.442. The lowest BCUT2D eigenvalue weighted by atomic mass is 10.2. The van der Waals surface area contributed by atoms with Crippen LogP contribution < -0.4 is 4.31 Å². The number of halogens is 1. The van der Waals surface area contributed by atoms with Crippen molar-refractivity contribution in [1.82, 2.24) is 4.90 Å². The second kappa shape index (κ2) is 9.47. The largest absolute Gasteiger partial charge is 0.330 e. The highest BCUT2D eigenvalue weighted by Crippen LogP contribution is 2.25. The molecule has 3 aromatic rings. The zero-order valence-corrected chi connectivity index (χ0v) is 18.8. The molecule has 0 radical (unpaired) electrons. The maximum Gasteiger partial charge on any atom is 0.264 e. The summed E-state index contributed by atoms with van der Waals surface area (Å²) in [5.74, 6) is -0.279. The molecule has 5 nitrogen and oxygen atoms in total. The first-order valence-corrected chi connectivity index (χ1v) is 11.7. The van der Waals surface area contributed by atoms with Crippen molar-refractivity contribution >= 4 is 44.6 Å². The summed E-state index contributed by atoms with van der Waals surface area (Å²) in [6.07, 6.45) is 1.64. The minimum absolute atomic E-state index is 0.0532. The zero-order chi connectivity index (χ0) is 21.7. The second-order valence-corrected chi connectivity index (χ2v) is 10.3. The molecule has 0 N–H and O–H groups in total. The van der Waals surface area contributed by atoms with Gasteiger partial charge in [0.05, 0.1) is 21.5 Å². The number of thiophene rings is 1. The molecule has 156 valence electrons. The Balaban J connectivity index is 1.89. The van der Waals surface area contributed by atoms with E-state index >= 15 is 0 Å². The number of sulfonamides is 1. The molecule has 0 atom stereocenters. The Morgan fingerprint density at radius 3 is 2.47 bits per heavy atom. The fourth-order valence-electron chi connectivity index (χ4n) is 2.91. The first-order chi connectivity index (χ1) is 14.3. The van der Waals surface area contributed by atoms with Crippen LogP contribution in [0.3, 0.4) is 0 Å². The zero-order valence-electron chi connectivity index (χ0n) is 16.4. The number of amides is 1. The van der Waals surface area contributed by atoms with Gasteiger partial charge in [0.25, 0.3) is 15.9 Å². The number of anilines is 1. The smallest absolute Gasteiger partial charge is 0.264 e. The number of carbonyl (C=O) groups is 1. The molecule has 0 saturated heterocycles. The molecule has 1 amide bonds. The molecule has 0 bridgehead atoms. The lowest BCUT2D eigenvalue weighted by molar-refractivity contribution is 0.0764. The number of para-hydroxylation sites is 1. The van der Waals surface area contributed by atoms with E-state index in [9.17, 15) is 13.2 Å². The van der Waals surface area contributed by atoms with Crippen LogP contribution in [-0.2, 0) is 16.6 Å². The highest BCUT2D eigenvalue weighted by molar-refractivity contribution is 7.92. The molecule has 0 aliphatic rings. The highest BCUT2D eigenvalue weighted by Gasteiger charge is 2.23. The molecule has 0 aliphatic carbocycles. The Hall–Kier alpha value is -2.61. The van der Waals surface area contributed by atoms with Gasteiger partial charge in [-0.15, -0.1) is 17.9 Å². The lowest BCUT2D eigenvalue weighted by Crippen LogP contribution is -2.31. The molecule has 0 saturated carbocycles. The second-order valence-electron chi connectivity index (χ2n) is 6.52. The van der Waals surface area contributed by atoms with Crippen molar-refractivity contribution in [3.05, 3.63) is 94.2 Å². The van der Waals surface area contributed by atoms with E-state index in [1.165, 1.54) is 34.8 Å². The summed E-state index contributed by atoms with van der Waals surface area (Å²) in [7, 11) is -2.32. The van der Waals surface area contributed by atoms with Crippen LogP contribution in [0.15, 0.2) is 84.3 Å². The number of benzene rings is 2. The van der Waals surface area contributed by atoms with Crippen molar-refractivity contribution in [2.24, 2.45) is 0 Å². The third-order valence-electron chi connectivity index (χ3n) is 4.47. The fraction of sp³-hybridized carbons (Fsp3) is 0.136. The molecular weight excluding hydrogens is 440 g/mol. The van der Waals surface area contributed by atoms with Gasteiger partial charge in [-0.3, -0.25) is 9.10 Å². The van der Waals surface area contributed by atoms with Crippen LogP contribution in [0, 0.1) is 0 Å². The van der Waals surface area contributed by atoms with Crippen LogP contribution in [0.25, 0.3) is 0 Å². The van der Waals surface area contributed by atoms with E-state index in [0.717, 1.165) is 4.88 Å². The first-order valence-electron chi connectivity index (χ1n) is 9.11. The topological polar surface area (TPSA) is 57.7 Å². The van der Waals surface area contributed by atoms with Crippen LogP contribution in [0.1, 0.15) is 15.2 Å². The minimum Gasteiger partial charge on any atom is -0.330 e. The summed E-state index contributed by atoms with van der Waals surface area (Å²) in [5.41, 5.74) is 0.833. The van der Waals surface area contributed by atoms with Crippen LogP contribution in [0.5, 0.6) is 0 Å². The van der Waals surface area contributed by atoms with Gasteiger partial charge < -0.3 is 4.90 Å². The summed E-state index contributed by atoms with van der Waals surface area (Å²) < 4.78 is 28.0. The van der Waals surface area contributed by atoms with Gasteiger partial charge in [0.15, 0.2) is 0 Å². The molecule has 0 aliphatic heterocycles. The van der Waals surface area contributed by atoms with Crippen LogP contribution in [0.2, 0.25) is 4.34 Å². The molecular formula is C22H21ClN2O3S2. The van der Waals surface area contributed by atoms with E-state index in [0.29, 0.717) is 28.7 Å². The average Bonchev–Trinajstić information content (AvgIpc) is 3.17. The van der Waals surface area contributed by atoms with Crippen molar-refractivity contribution < 1.29 is 13.2 Å². The average molecular weight is 461 g/mol. The molecule has 0 unspecified atom stereocenters. The predicted octanol–water partition coefficient (Wildman–Crippen LogP) is 5.06. The number of hydrogen-bond acceptors (Lipinski definition) is 4. The van der Waals surface area contributed by atoms with Crippen molar-refractivity contribution in [3.63, 3.8) is 0 Å². The summed E-state index contributed by atoms with van der Waals surface area (Å²) >= 11 is 7.39. The molecule has 0 spiro atoms. The molecule has 0 fully saturated rings. The Morgan fingerprint density at radius 2 is 1.83 bits per heavy atom. The van der Waals surface area contributed by atoms with E-state index in [-0.39, 0.29) is 10.8 Å². The van der Waals surface area contributed by atoms with Gasteiger partial charge in [-0.1, -0.05) is 41.9 Å². The maximum atomic E-state index is 13.1. The predicted molar refractivity (Wildman–Crippen MR) is 123 cm³/mol. The molecule has 3 rings (SSSR count). The number of rotatable bonds is 8. The Morgan fingerprint density at radius 1 is 1.10 bits per heavy atom. The summed E-state index contributed by atoms with van der Waals surface area (Å²) in [4.78, 5) is 15.7. The van der Waals surface area contributed by atoms with Crippen LogP contribution in [-0.4, -0.2) is 32.8 Å². The van der Waals surface area contributed by atoms with Gasteiger partial charge in [-0.2, -0.15) is 0 Å². The van der Waals surface area contributed by atoms with Gasteiger partial charge in [0.2, 0.25) is 0 Å². The third-order valence-corrected chi connectivity index (χ3v) is 7.47. The number of nitrogens with zero attached hydrogens (tertiary/aromatic N) is 2. The molecule has 1 aromatic heterocycles. The monoisotopic (exact) mass is 460 g/mol. The SMILES string of the molecule is C=CCN(Cc1ccc(Cl)s1)C(=O)c1cccc(S(=O)(=O)N(C)c2ccccc2)c1. The number of carbonyl (C=O) groups excluding carboxylic acids is 1. The maximum absolute atomic E-state index is 13.1. The molecule has 2 aromatic carbocycles. The van der Waals surface area contributed by atoms with Gasteiger partial charge in [0, 0.05) is 24.0 Å². The lowest BCUT2D eigenvalue weighted by Gasteiger charge is -2.22. The van der Waals surface area contributed by atoms with E-state index in [4.69, 9.17) is 11.6 Å². The summed E-state index contributed by atoms with van der Waals surface area (Å²) in [6.45, 7) is 4.41. The third kappa shape index (κ3) is 4.92. The number of hydrogen-bond donors (Lipinski definition) is 0.